The third-order valence-corrected chi connectivity index (χ3v) is 3.79. The van der Waals surface area contributed by atoms with E-state index in [9.17, 15) is 4.79 Å². The molecule has 5 nitrogen and oxygen atoms in total. The van der Waals surface area contributed by atoms with Gasteiger partial charge < -0.3 is 4.74 Å². The average Bonchev–Trinajstić information content (AvgIpc) is 2.72. The molecule has 0 saturated heterocycles. The quantitative estimate of drug-likeness (QED) is 0.892. The van der Waals surface area contributed by atoms with Crippen LogP contribution in [0.25, 0.3) is 0 Å². The van der Waals surface area contributed by atoms with Crippen molar-refractivity contribution >= 4 is 0 Å². The Balaban J connectivity index is 2.10. The Morgan fingerprint density at radius 3 is 2.63 bits per heavy atom. The van der Waals surface area contributed by atoms with Gasteiger partial charge in [0.25, 0.3) is 0 Å². The van der Waals surface area contributed by atoms with E-state index in [1.165, 1.54) is 32.1 Å². The van der Waals surface area contributed by atoms with E-state index in [-0.39, 0.29) is 17.9 Å². The number of rotatable bonds is 5. The van der Waals surface area contributed by atoms with Crippen LogP contribution < -0.4 is 5.69 Å². The van der Waals surface area contributed by atoms with Gasteiger partial charge in [0.15, 0.2) is 5.82 Å². The lowest BCUT2D eigenvalue weighted by Gasteiger charge is -2.23. The minimum Gasteiger partial charge on any atom is -0.368 e. The van der Waals surface area contributed by atoms with E-state index >= 15 is 0 Å². The molecule has 19 heavy (non-hydrogen) atoms. The molecule has 1 N–H and O–H groups in total. The Bertz CT molecular complexity index is 444. The second-order valence-electron chi connectivity index (χ2n) is 5.83. The summed E-state index contributed by atoms with van der Waals surface area (Å²) in [6, 6.07) is 0. The molecule has 0 radical (unpaired) electrons. The first-order valence-electron chi connectivity index (χ1n) is 7.38. The van der Waals surface area contributed by atoms with Gasteiger partial charge in [0.1, 0.15) is 6.10 Å². The molecular weight excluding hydrogens is 242 g/mol. The van der Waals surface area contributed by atoms with Crippen molar-refractivity contribution in [2.45, 2.75) is 71.6 Å². The molecular formula is C14H25N3O2. The largest absolute Gasteiger partial charge is 0.368 e. The van der Waals surface area contributed by atoms with Gasteiger partial charge >= 0.3 is 5.69 Å². The number of ether oxygens (including phenoxy) is 1. The number of nitrogens with one attached hydrogen (secondary N) is 1. The molecule has 1 aromatic rings. The smallest absolute Gasteiger partial charge is 0.343 e. The maximum atomic E-state index is 11.9. The lowest BCUT2D eigenvalue weighted by molar-refractivity contribution is 0.0101. The maximum absolute atomic E-state index is 11.9. The van der Waals surface area contributed by atoms with Crippen LogP contribution >= 0.6 is 0 Å². The van der Waals surface area contributed by atoms with Gasteiger partial charge in [-0.1, -0.05) is 19.3 Å². The van der Waals surface area contributed by atoms with E-state index in [1.54, 1.807) is 4.57 Å². The molecule has 108 valence electrons. The van der Waals surface area contributed by atoms with Crippen LogP contribution in [-0.2, 0) is 11.3 Å². The summed E-state index contributed by atoms with van der Waals surface area (Å²) in [5, 5.41) is 6.69. The number of aromatic nitrogens is 3. The van der Waals surface area contributed by atoms with E-state index in [4.69, 9.17) is 4.74 Å². The van der Waals surface area contributed by atoms with Crippen molar-refractivity contribution in [1.29, 1.82) is 0 Å². The summed E-state index contributed by atoms with van der Waals surface area (Å²) in [7, 11) is 0. The topological polar surface area (TPSA) is 59.9 Å². The first-order valence-corrected chi connectivity index (χ1v) is 7.38. The molecule has 0 aliphatic heterocycles. The number of H-pyrrole nitrogens is 1. The highest BCUT2D eigenvalue weighted by atomic mass is 16.5. The molecule has 1 saturated carbocycles. The number of nitrogens with zero attached hydrogens (tertiary/aromatic N) is 2. The minimum absolute atomic E-state index is 0.111. The Kier molecular flexibility index (Phi) is 4.80. The molecule has 0 spiro atoms. The van der Waals surface area contributed by atoms with Gasteiger partial charge in [-0.25, -0.2) is 9.89 Å². The maximum Gasteiger partial charge on any atom is 0.343 e. The van der Waals surface area contributed by atoms with E-state index in [0.717, 1.165) is 12.4 Å². The van der Waals surface area contributed by atoms with Gasteiger partial charge in [-0.3, -0.25) is 4.57 Å². The first kappa shape index (κ1) is 14.3. The van der Waals surface area contributed by atoms with Crippen molar-refractivity contribution in [3.63, 3.8) is 0 Å². The lowest BCUT2D eigenvalue weighted by atomic mass is 9.89. The van der Waals surface area contributed by atoms with Crippen molar-refractivity contribution in [3.05, 3.63) is 16.3 Å². The number of hydrogen-bond donors (Lipinski definition) is 1. The van der Waals surface area contributed by atoms with Crippen molar-refractivity contribution in [3.8, 4) is 0 Å². The van der Waals surface area contributed by atoms with Gasteiger partial charge in [0, 0.05) is 6.54 Å². The SMILES string of the molecule is CC(C)O[C@@H](C)c1n[nH]c(=O)n1CC1CCCCC1. The molecule has 1 aliphatic rings. The van der Waals surface area contributed by atoms with Crippen molar-refractivity contribution < 1.29 is 4.74 Å². The highest BCUT2D eigenvalue weighted by Gasteiger charge is 2.21. The van der Waals surface area contributed by atoms with E-state index in [1.807, 2.05) is 20.8 Å². The zero-order valence-electron chi connectivity index (χ0n) is 12.2. The minimum atomic E-state index is -0.150. The summed E-state index contributed by atoms with van der Waals surface area (Å²) >= 11 is 0. The van der Waals surface area contributed by atoms with Gasteiger partial charge in [0.2, 0.25) is 0 Å². The third kappa shape index (κ3) is 3.69. The predicted molar refractivity (Wildman–Crippen MR) is 74.1 cm³/mol. The molecule has 1 atom stereocenters. The van der Waals surface area contributed by atoms with Crippen LogP contribution in [0.2, 0.25) is 0 Å². The van der Waals surface area contributed by atoms with E-state index < -0.39 is 0 Å². The summed E-state index contributed by atoms with van der Waals surface area (Å²) in [5.74, 6) is 1.33. The van der Waals surface area contributed by atoms with Crippen molar-refractivity contribution in [2.75, 3.05) is 0 Å². The molecule has 1 heterocycles. The van der Waals surface area contributed by atoms with Crippen LogP contribution in [0.4, 0.5) is 0 Å². The normalized spacial score (nSPS) is 18.9. The third-order valence-electron chi connectivity index (χ3n) is 3.79. The first-order chi connectivity index (χ1) is 9.08. The number of hydrogen-bond acceptors (Lipinski definition) is 3. The molecule has 0 unspecified atom stereocenters. The highest BCUT2D eigenvalue weighted by Crippen LogP contribution is 2.25. The summed E-state index contributed by atoms with van der Waals surface area (Å²) < 4.78 is 7.50. The van der Waals surface area contributed by atoms with Crippen LogP contribution in [0, 0.1) is 5.92 Å². The highest BCUT2D eigenvalue weighted by molar-refractivity contribution is 4.91. The molecule has 0 bridgehead atoms. The van der Waals surface area contributed by atoms with E-state index in [2.05, 4.69) is 10.2 Å². The monoisotopic (exact) mass is 267 g/mol. The summed E-state index contributed by atoms with van der Waals surface area (Å²) in [4.78, 5) is 11.9. The lowest BCUT2D eigenvalue weighted by Crippen LogP contribution is -2.26. The van der Waals surface area contributed by atoms with Gasteiger partial charge in [0.05, 0.1) is 6.10 Å². The van der Waals surface area contributed by atoms with Crippen LogP contribution in [0.15, 0.2) is 4.79 Å². The summed E-state index contributed by atoms with van der Waals surface area (Å²) in [6.07, 6.45) is 6.31. The van der Waals surface area contributed by atoms with Gasteiger partial charge in [-0.05, 0) is 39.5 Å². The fourth-order valence-corrected chi connectivity index (χ4v) is 2.91. The van der Waals surface area contributed by atoms with E-state index in [0.29, 0.717) is 5.92 Å². The fourth-order valence-electron chi connectivity index (χ4n) is 2.91. The Hall–Kier alpha value is -1.10. The Labute approximate surface area is 114 Å². The molecule has 2 rings (SSSR count). The van der Waals surface area contributed by atoms with Crippen LogP contribution in [0.5, 0.6) is 0 Å². The fraction of sp³-hybridized carbons (Fsp3) is 0.857. The van der Waals surface area contributed by atoms with Gasteiger partial charge in [-0.2, -0.15) is 5.10 Å². The van der Waals surface area contributed by atoms with Crippen molar-refractivity contribution in [2.24, 2.45) is 5.92 Å². The summed E-state index contributed by atoms with van der Waals surface area (Å²) in [6.45, 7) is 6.71. The van der Waals surface area contributed by atoms with Gasteiger partial charge in [-0.15, -0.1) is 0 Å². The molecule has 0 aromatic carbocycles. The zero-order chi connectivity index (χ0) is 13.8. The molecule has 5 heteroatoms. The summed E-state index contributed by atoms with van der Waals surface area (Å²) in [5.41, 5.74) is -0.111. The Morgan fingerprint density at radius 2 is 2.00 bits per heavy atom. The van der Waals surface area contributed by atoms with Crippen LogP contribution in [0.3, 0.4) is 0 Å². The second-order valence-corrected chi connectivity index (χ2v) is 5.83. The van der Waals surface area contributed by atoms with Crippen molar-refractivity contribution in [1.82, 2.24) is 14.8 Å². The molecule has 0 amide bonds. The van der Waals surface area contributed by atoms with Crippen LogP contribution in [0.1, 0.15) is 64.8 Å². The van der Waals surface area contributed by atoms with Crippen LogP contribution in [-0.4, -0.2) is 20.9 Å². The Morgan fingerprint density at radius 1 is 1.32 bits per heavy atom. The molecule has 1 fully saturated rings. The molecule has 1 aromatic heterocycles. The second kappa shape index (κ2) is 6.37. The molecule has 1 aliphatic carbocycles. The average molecular weight is 267 g/mol. The number of aromatic amines is 1. The predicted octanol–water partition coefficient (Wildman–Crippen LogP) is 2.64. The standard InChI is InChI=1S/C14H25N3O2/c1-10(2)19-11(3)13-15-16-14(18)17(13)9-12-7-5-4-6-8-12/h10-12H,4-9H2,1-3H3,(H,16,18)/t11-/m0/s1. The zero-order valence-corrected chi connectivity index (χ0v) is 12.2.